The summed E-state index contributed by atoms with van der Waals surface area (Å²) in [6.07, 6.45) is 4.69. The van der Waals surface area contributed by atoms with Gasteiger partial charge >= 0.3 is 6.03 Å². The minimum absolute atomic E-state index is 0.0248. The fourth-order valence-corrected chi connectivity index (χ4v) is 6.07. The monoisotopic (exact) mass is 997 g/mol. The Morgan fingerprint density at radius 1 is 0.686 bits per heavy atom. The summed E-state index contributed by atoms with van der Waals surface area (Å²) in [5.41, 5.74) is 12.6. The second-order valence-electron chi connectivity index (χ2n) is 16.2. The molecule has 396 valence electrons. The molecule has 0 bridgehead atoms. The normalized spacial score (nSPS) is 12.5. The summed E-state index contributed by atoms with van der Waals surface area (Å²) in [4.78, 5) is 77.6. The third kappa shape index (κ3) is 30.4. The zero-order valence-corrected chi connectivity index (χ0v) is 40.8. The Hall–Kier alpha value is -5.22. The molecule has 0 unspecified atom stereocenters. The fraction of sp³-hybridized carbons (Fsp3) is 0.689. The van der Waals surface area contributed by atoms with E-state index in [1.54, 1.807) is 49.0 Å². The van der Waals surface area contributed by atoms with Crippen molar-refractivity contribution in [1.29, 1.82) is 0 Å². The second-order valence-corrected chi connectivity index (χ2v) is 16.2. The molecule has 70 heavy (non-hydrogen) atoms. The van der Waals surface area contributed by atoms with Gasteiger partial charge in [-0.2, -0.15) is 0 Å². The molecule has 0 spiro atoms. The zero-order chi connectivity index (χ0) is 51.2. The first-order valence-corrected chi connectivity index (χ1v) is 23.5. The molecule has 1 heterocycles. The summed E-state index contributed by atoms with van der Waals surface area (Å²) in [5, 5.41) is 30.3. The van der Waals surface area contributed by atoms with Gasteiger partial charge in [0.25, 0.3) is 0 Å². The predicted octanol–water partition coefficient (Wildman–Crippen LogP) is 0.190. The number of benzene rings is 1. The summed E-state index contributed by atoms with van der Waals surface area (Å²) >= 11 is 0. The summed E-state index contributed by atoms with van der Waals surface area (Å²) in [6.45, 7) is 10.1. The van der Waals surface area contributed by atoms with Crippen LogP contribution in [0, 0.1) is 5.92 Å². The Morgan fingerprint density at radius 2 is 1.29 bits per heavy atom. The van der Waals surface area contributed by atoms with E-state index in [1.807, 2.05) is 0 Å². The largest absolute Gasteiger partial charge is 0.379 e. The lowest BCUT2D eigenvalue weighted by atomic mass is 10.0. The molecule has 1 aromatic carbocycles. The first kappa shape index (κ1) is 60.9. The van der Waals surface area contributed by atoms with E-state index in [9.17, 15) is 28.8 Å². The van der Waals surface area contributed by atoms with Crippen LogP contribution in [-0.4, -0.2) is 173 Å². The molecular formula is C45H76N10O15. The molecule has 0 aliphatic heterocycles. The number of urea groups is 1. The molecular weight excluding hydrogens is 921 g/mol. The van der Waals surface area contributed by atoms with Gasteiger partial charge in [-0.25, -0.2) is 14.4 Å². The summed E-state index contributed by atoms with van der Waals surface area (Å²) < 4.78 is 40.3. The Kier molecular flexibility index (Phi) is 33.5. The molecule has 25 heteroatoms. The fourth-order valence-electron chi connectivity index (χ4n) is 6.07. The van der Waals surface area contributed by atoms with Crippen LogP contribution in [0.4, 0.5) is 10.5 Å². The second kappa shape index (κ2) is 38.5. The van der Waals surface area contributed by atoms with Crippen molar-refractivity contribution in [2.75, 3.05) is 104 Å². The molecule has 0 aliphatic carbocycles. The molecule has 6 amide bonds. The number of amides is 6. The van der Waals surface area contributed by atoms with Crippen molar-refractivity contribution in [3.8, 4) is 0 Å². The number of primary amides is 1. The molecule has 0 fully saturated rings. The number of hydrogen-bond acceptors (Lipinski definition) is 18. The number of aromatic nitrogens is 3. The van der Waals surface area contributed by atoms with Crippen molar-refractivity contribution in [3.63, 3.8) is 0 Å². The smallest absolute Gasteiger partial charge is 0.312 e. The van der Waals surface area contributed by atoms with E-state index in [4.69, 9.17) is 49.9 Å². The van der Waals surface area contributed by atoms with E-state index in [2.05, 4.69) is 41.8 Å². The average Bonchev–Trinajstić information content (AvgIpc) is 3.78. The van der Waals surface area contributed by atoms with E-state index in [0.29, 0.717) is 95.7 Å². The van der Waals surface area contributed by atoms with Crippen molar-refractivity contribution >= 4 is 41.1 Å². The molecule has 0 radical (unpaired) electrons. The molecule has 3 atom stereocenters. The number of nitrogens with one attached hydrogen (secondary N) is 5. The number of unbranched alkanes of at least 4 members (excludes halogenated alkanes) is 1. The number of anilines is 1. The first-order valence-electron chi connectivity index (χ1n) is 23.5. The Balaban J connectivity index is 1.48. The Labute approximate surface area is 409 Å². The summed E-state index contributed by atoms with van der Waals surface area (Å²) in [5.74, 6) is -2.06. The van der Waals surface area contributed by atoms with Crippen LogP contribution in [0.3, 0.4) is 0 Å². The van der Waals surface area contributed by atoms with Crippen LogP contribution in [0.5, 0.6) is 0 Å². The quantitative estimate of drug-likeness (QED) is 0.0250. The van der Waals surface area contributed by atoms with Gasteiger partial charge in [-0.15, -0.1) is 5.10 Å². The molecule has 0 saturated heterocycles. The van der Waals surface area contributed by atoms with E-state index in [-0.39, 0.29) is 83.2 Å². The Morgan fingerprint density at radius 3 is 1.90 bits per heavy atom. The van der Waals surface area contributed by atoms with Gasteiger partial charge in [0.1, 0.15) is 36.8 Å². The highest BCUT2D eigenvalue weighted by Crippen LogP contribution is 2.13. The van der Waals surface area contributed by atoms with Crippen LogP contribution in [0.25, 0.3) is 0 Å². The number of hydrogen-bond donors (Lipinski definition) is 8. The van der Waals surface area contributed by atoms with Crippen LogP contribution in [0.2, 0.25) is 0 Å². The van der Waals surface area contributed by atoms with Crippen molar-refractivity contribution < 1.29 is 72.1 Å². The van der Waals surface area contributed by atoms with Crippen LogP contribution in [-0.2, 0) is 81.8 Å². The molecule has 25 nitrogen and oxygen atoms in total. The van der Waals surface area contributed by atoms with Gasteiger partial charge < -0.3 is 71.2 Å². The average molecular weight is 997 g/mol. The maximum atomic E-state index is 13.4. The highest BCUT2D eigenvalue weighted by Gasteiger charge is 2.29. The van der Waals surface area contributed by atoms with Gasteiger partial charge in [0.2, 0.25) is 23.6 Å². The number of ether oxygens (including phenoxy) is 7. The number of carbonyl (C=O) groups excluding carboxylic acids is 6. The third-order valence-electron chi connectivity index (χ3n) is 9.97. The molecule has 2 aromatic rings. The lowest BCUT2D eigenvalue weighted by molar-refractivity contribution is -0.253. The van der Waals surface area contributed by atoms with Crippen molar-refractivity contribution in [2.45, 2.75) is 97.2 Å². The minimum atomic E-state index is -1.01. The maximum absolute atomic E-state index is 13.4. The molecule has 10 N–H and O–H groups in total. The van der Waals surface area contributed by atoms with Crippen LogP contribution >= 0.6 is 0 Å². The van der Waals surface area contributed by atoms with Gasteiger partial charge in [0, 0.05) is 25.2 Å². The van der Waals surface area contributed by atoms with Crippen LogP contribution < -0.4 is 38.1 Å². The lowest BCUT2D eigenvalue weighted by Crippen LogP contribution is -2.55. The SMILES string of the molecule is CC(=O)[C@H](N)CCCCNC(=O)CCOCCOCCOCCOCCn1cc(COCCOCCOCC(=O)N[C@H](C(=O)N[C@@H](CCCNC(N)=O)C(=O)Nc2ccc(COO)cc2)C(C)C)nn1. The van der Waals surface area contributed by atoms with E-state index in [0.717, 1.165) is 12.8 Å². The Bertz CT molecular complexity index is 1770. The summed E-state index contributed by atoms with van der Waals surface area (Å²) in [7, 11) is 0. The van der Waals surface area contributed by atoms with Crippen LogP contribution in [0.15, 0.2) is 30.5 Å². The lowest BCUT2D eigenvalue weighted by Gasteiger charge is -2.25. The maximum Gasteiger partial charge on any atom is 0.312 e. The van der Waals surface area contributed by atoms with Crippen LogP contribution in [0.1, 0.15) is 70.6 Å². The number of nitrogens with zero attached hydrogens (tertiary/aromatic N) is 3. The minimum Gasteiger partial charge on any atom is -0.379 e. The third-order valence-corrected chi connectivity index (χ3v) is 9.97. The first-order chi connectivity index (χ1) is 33.8. The van der Waals surface area contributed by atoms with Gasteiger partial charge in [-0.05, 0) is 62.6 Å². The van der Waals surface area contributed by atoms with Crippen molar-refractivity contribution in [1.82, 2.24) is 36.3 Å². The van der Waals surface area contributed by atoms with E-state index < -0.39 is 41.9 Å². The van der Waals surface area contributed by atoms with Crippen molar-refractivity contribution in [2.24, 2.45) is 17.4 Å². The summed E-state index contributed by atoms with van der Waals surface area (Å²) in [6, 6.07) is 3.41. The van der Waals surface area contributed by atoms with Gasteiger partial charge in [0.15, 0.2) is 0 Å². The number of rotatable bonds is 43. The standard InChI is InChI=1S/C45H76N10O15/c1-33(2)42(44(60)51-39(8-6-15-49-45(47)61)43(59)50-36-11-9-35(10-12-36)30-70-62)52-41(58)32-69-28-26-67-25-27-68-31-37-29-55(54-53-37)16-18-64-20-22-66-24-23-65-21-19-63-17-13-40(57)48-14-5-4-7-38(46)34(3)56/h9-12,29,33,38-39,42,62H,4-8,13-28,30-32,46H2,1-3H3,(H,48,57)(H,50,59)(H,51,60)(H,52,58)(H3,47,49,61)/t38-,39+,42+/m1/s1. The van der Waals surface area contributed by atoms with Crippen molar-refractivity contribution in [3.05, 3.63) is 41.7 Å². The topological polar surface area (TPSA) is 339 Å². The molecule has 0 aliphatic rings. The molecule has 1 aromatic heterocycles. The van der Waals surface area contributed by atoms with E-state index >= 15 is 0 Å². The number of ketones is 1. The predicted molar refractivity (Wildman–Crippen MR) is 253 cm³/mol. The molecule has 2 rings (SSSR count). The number of Topliss-reactive ketones (excluding diaryl/α,β-unsaturated/α-hetero) is 1. The highest BCUT2D eigenvalue weighted by atomic mass is 17.1. The van der Waals surface area contributed by atoms with E-state index in [1.165, 1.54) is 6.92 Å². The number of carbonyl (C=O) groups is 6. The molecule has 0 saturated carbocycles. The van der Waals surface area contributed by atoms with Gasteiger partial charge in [0.05, 0.1) is 105 Å². The highest BCUT2D eigenvalue weighted by molar-refractivity contribution is 5.98. The van der Waals surface area contributed by atoms with Gasteiger partial charge in [-0.3, -0.25) is 29.2 Å². The number of nitrogens with two attached hydrogens (primary N) is 2. The zero-order valence-electron chi connectivity index (χ0n) is 40.8. The van der Waals surface area contributed by atoms with Gasteiger partial charge in [-0.1, -0.05) is 31.2 Å².